The lowest BCUT2D eigenvalue weighted by Crippen LogP contribution is -2.41. The van der Waals surface area contributed by atoms with Crippen molar-refractivity contribution in [2.75, 3.05) is 26.2 Å². The number of likely N-dealkylation sites (tertiary alicyclic amines) is 1. The number of hydrogen-bond acceptors (Lipinski definition) is 4. The first-order valence-electron chi connectivity index (χ1n) is 9.15. The van der Waals surface area contributed by atoms with E-state index in [1.165, 1.54) is 12.8 Å². The molecule has 1 fully saturated rings. The predicted octanol–water partition coefficient (Wildman–Crippen LogP) is 2.15. The molecule has 6 nitrogen and oxygen atoms in total. The Kier molecular flexibility index (Phi) is 5.81. The highest BCUT2D eigenvalue weighted by molar-refractivity contribution is 5.78. The van der Waals surface area contributed by atoms with E-state index in [0.717, 1.165) is 32.5 Å². The van der Waals surface area contributed by atoms with Gasteiger partial charge in [0.25, 0.3) is 5.56 Å². The number of hydrogen-bond donors (Lipinski definition) is 1. The Bertz CT molecular complexity index is 778. The molecule has 134 valence electrons. The molecule has 1 aromatic heterocycles. The zero-order chi connectivity index (χ0) is 17.6. The van der Waals surface area contributed by atoms with Gasteiger partial charge in [0, 0.05) is 13.1 Å². The van der Waals surface area contributed by atoms with Crippen molar-refractivity contribution in [2.45, 2.75) is 39.2 Å². The molecule has 1 amide bonds. The van der Waals surface area contributed by atoms with Gasteiger partial charge >= 0.3 is 0 Å². The van der Waals surface area contributed by atoms with E-state index in [2.05, 4.69) is 9.97 Å². The third kappa shape index (κ3) is 4.45. The van der Waals surface area contributed by atoms with Crippen LogP contribution in [0.3, 0.4) is 0 Å². The highest BCUT2D eigenvalue weighted by atomic mass is 16.2. The molecule has 0 bridgehead atoms. The number of nitrogens with zero attached hydrogens (tertiary/aromatic N) is 3. The van der Waals surface area contributed by atoms with Crippen LogP contribution < -0.4 is 5.56 Å². The molecule has 0 saturated carbocycles. The monoisotopic (exact) mass is 342 g/mol. The summed E-state index contributed by atoms with van der Waals surface area (Å²) in [4.78, 5) is 36.2. The van der Waals surface area contributed by atoms with Crippen molar-refractivity contribution in [1.82, 2.24) is 19.8 Å². The van der Waals surface area contributed by atoms with E-state index in [0.29, 0.717) is 29.8 Å². The normalized spacial score (nSPS) is 15.5. The quantitative estimate of drug-likeness (QED) is 0.904. The highest BCUT2D eigenvalue weighted by Gasteiger charge is 2.18. The Hall–Kier alpha value is -2.21. The van der Waals surface area contributed by atoms with Crippen LogP contribution in [0.5, 0.6) is 0 Å². The number of H-pyrrole nitrogens is 1. The first-order valence-corrected chi connectivity index (χ1v) is 9.15. The zero-order valence-corrected chi connectivity index (χ0v) is 14.8. The van der Waals surface area contributed by atoms with E-state index in [-0.39, 0.29) is 11.5 Å². The molecule has 1 N–H and O–H groups in total. The molecule has 1 aromatic carbocycles. The number of amides is 1. The molecule has 1 saturated heterocycles. The van der Waals surface area contributed by atoms with Gasteiger partial charge in [-0.05, 0) is 31.5 Å². The molecule has 2 aromatic rings. The number of likely N-dealkylation sites (N-methyl/N-ethyl adjacent to an activating group) is 1. The van der Waals surface area contributed by atoms with Crippen molar-refractivity contribution >= 4 is 16.8 Å². The van der Waals surface area contributed by atoms with E-state index >= 15 is 0 Å². The first-order chi connectivity index (χ1) is 12.2. The number of aromatic nitrogens is 2. The van der Waals surface area contributed by atoms with Gasteiger partial charge < -0.3 is 9.88 Å². The number of aromatic amines is 1. The van der Waals surface area contributed by atoms with Gasteiger partial charge in [-0.15, -0.1) is 0 Å². The summed E-state index contributed by atoms with van der Waals surface area (Å²) in [6.45, 7) is 5.32. The number of benzene rings is 1. The molecule has 0 atom stereocenters. The van der Waals surface area contributed by atoms with Crippen molar-refractivity contribution in [3.8, 4) is 0 Å². The van der Waals surface area contributed by atoms with Crippen LogP contribution in [0.25, 0.3) is 10.9 Å². The molecule has 1 aliphatic heterocycles. The fourth-order valence-electron chi connectivity index (χ4n) is 3.31. The van der Waals surface area contributed by atoms with Crippen LogP contribution in [0.4, 0.5) is 0 Å². The van der Waals surface area contributed by atoms with E-state index in [1.807, 2.05) is 34.9 Å². The second kappa shape index (κ2) is 8.25. The van der Waals surface area contributed by atoms with Gasteiger partial charge in [0.05, 0.1) is 24.0 Å². The van der Waals surface area contributed by atoms with Crippen molar-refractivity contribution in [2.24, 2.45) is 0 Å². The second-order valence-corrected chi connectivity index (χ2v) is 6.63. The van der Waals surface area contributed by atoms with E-state index < -0.39 is 0 Å². The van der Waals surface area contributed by atoms with E-state index in [9.17, 15) is 9.59 Å². The standard InChI is InChI=1S/C19H26N4O2/c1-2-22(14-18(24)23-11-7-3-4-8-12-23)13-17-20-16-10-6-5-9-15(16)19(25)21-17/h5-6,9-10H,2-4,7-8,11-14H2,1H3,(H,20,21,25). The molecule has 0 unspecified atom stereocenters. The SMILES string of the molecule is CCN(CC(=O)N1CCCCCC1)Cc1nc2ccccc2c(=O)[nH]1. The summed E-state index contributed by atoms with van der Waals surface area (Å²) >= 11 is 0. The molecule has 0 spiro atoms. The fraction of sp³-hybridized carbons (Fsp3) is 0.526. The molecular formula is C19H26N4O2. The maximum absolute atomic E-state index is 12.6. The zero-order valence-electron chi connectivity index (χ0n) is 14.8. The van der Waals surface area contributed by atoms with Gasteiger partial charge in [0.15, 0.2) is 0 Å². The van der Waals surface area contributed by atoms with E-state index in [1.54, 1.807) is 6.07 Å². The van der Waals surface area contributed by atoms with Gasteiger partial charge in [-0.25, -0.2) is 4.98 Å². The smallest absolute Gasteiger partial charge is 0.258 e. The topological polar surface area (TPSA) is 69.3 Å². The third-order valence-electron chi connectivity index (χ3n) is 4.80. The maximum atomic E-state index is 12.6. The summed E-state index contributed by atoms with van der Waals surface area (Å²) < 4.78 is 0. The molecule has 1 aliphatic rings. The van der Waals surface area contributed by atoms with Crippen LogP contribution in [0.15, 0.2) is 29.1 Å². The number of para-hydroxylation sites is 1. The highest BCUT2D eigenvalue weighted by Crippen LogP contribution is 2.11. The Morgan fingerprint density at radius 1 is 1.20 bits per heavy atom. The molecule has 0 aliphatic carbocycles. The molecular weight excluding hydrogens is 316 g/mol. The van der Waals surface area contributed by atoms with Crippen molar-refractivity contribution in [1.29, 1.82) is 0 Å². The van der Waals surface area contributed by atoms with E-state index in [4.69, 9.17) is 0 Å². The number of carbonyl (C=O) groups is 1. The Balaban J connectivity index is 1.69. The lowest BCUT2D eigenvalue weighted by Gasteiger charge is -2.25. The largest absolute Gasteiger partial charge is 0.342 e. The fourth-order valence-corrected chi connectivity index (χ4v) is 3.31. The summed E-state index contributed by atoms with van der Waals surface area (Å²) in [5.74, 6) is 0.779. The Labute approximate surface area is 147 Å². The van der Waals surface area contributed by atoms with Crippen LogP contribution >= 0.6 is 0 Å². The summed E-state index contributed by atoms with van der Waals surface area (Å²) in [7, 11) is 0. The Morgan fingerprint density at radius 2 is 1.92 bits per heavy atom. The minimum atomic E-state index is -0.129. The Morgan fingerprint density at radius 3 is 2.64 bits per heavy atom. The lowest BCUT2D eigenvalue weighted by molar-refractivity contribution is -0.132. The van der Waals surface area contributed by atoms with Crippen LogP contribution in [-0.4, -0.2) is 51.9 Å². The van der Waals surface area contributed by atoms with Crippen LogP contribution in [-0.2, 0) is 11.3 Å². The number of carbonyl (C=O) groups excluding carboxylic acids is 1. The van der Waals surface area contributed by atoms with Crippen molar-refractivity contribution < 1.29 is 4.79 Å². The van der Waals surface area contributed by atoms with Gasteiger partial charge in [0.2, 0.25) is 5.91 Å². The maximum Gasteiger partial charge on any atom is 0.258 e. The van der Waals surface area contributed by atoms with Gasteiger partial charge in [-0.1, -0.05) is 31.9 Å². The molecule has 2 heterocycles. The van der Waals surface area contributed by atoms with Crippen molar-refractivity contribution in [3.63, 3.8) is 0 Å². The molecule has 6 heteroatoms. The molecule has 25 heavy (non-hydrogen) atoms. The lowest BCUT2D eigenvalue weighted by atomic mass is 10.2. The average molecular weight is 342 g/mol. The molecule has 3 rings (SSSR count). The number of nitrogens with one attached hydrogen (secondary N) is 1. The summed E-state index contributed by atoms with van der Waals surface area (Å²) in [5.41, 5.74) is 0.562. The average Bonchev–Trinajstić information content (AvgIpc) is 2.90. The summed E-state index contributed by atoms with van der Waals surface area (Å²) in [6, 6.07) is 7.31. The van der Waals surface area contributed by atoms with Gasteiger partial charge in [-0.2, -0.15) is 0 Å². The van der Waals surface area contributed by atoms with Crippen LogP contribution in [0.2, 0.25) is 0 Å². The van der Waals surface area contributed by atoms with Crippen LogP contribution in [0.1, 0.15) is 38.4 Å². The predicted molar refractivity (Wildman–Crippen MR) is 98.4 cm³/mol. The summed E-state index contributed by atoms with van der Waals surface area (Å²) in [6.07, 6.45) is 4.61. The second-order valence-electron chi connectivity index (χ2n) is 6.63. The number of fused-ring (bicyclic) bond motifs is 1. The summed E-state index contributed by atoms with van der Waals surface area (Å²) in [5, 5.41) is 0.593. The van der Waals surface area contributed by atoms with Crippen molar-refractivity contribution in [3.05, 3.63) is 40.4 Å². The molecule has 0 radical (unpaired) electrons. The number of rotatable bonds is 5. The minimum absolute atomic E-state index is 0.129. The third-order valence-corrected chi connectivity index (χ3v) is 4.80. The van der Waals surface area contributed by atoms with Gasteiger partial charge in [-0.3, -0.25) is 14.5 Å². The first kappa shape index (κ1) is 17.6. The van der Waals surface area contributed by atoms with Gasteiger partial charge in [0.1, 0.15) is 5.82 Å². The minimum Gasteiger partial charge on any atom is -0.342 e. The van der Waals surface area contributed by atoms with Crippen LogP contribution in [0, 0.1) is 0 Å².